The van der Waals surface area contributed by atoms with Crippen molar-refractivity contribution in [2.45, 2.75) is 12.6 Å². The van der Waals surface area contributed by atoms with Crippen LogP contribution in [0.4, 0.5) is 8.78 Å². The molecular weight excluding hydrogens is 322 g/mol. The largest absolute Gasteiger partial charge is 0.348 e. The van der Waals surface area contributed by atoms with Gasteiger partial charge in [0.15, 0.2) is 0 Å². The summed E-state index contributed by atoms with van der Waals surface area (Å²) in [6.45, 7) is 1.12. The van der Waals surface area contributed by atoms with Crippen LogP contribution < -0.4 is 0 Å². The van der Waals surface area contributed by atoms with Gasteiger partial charge >= 0.3 is 0 Å². The average molecular weight is 338 g/mol. The molecule has 1 amide bonds. The van der Waals surface area contributed by atoms with Crippen LogP contribution in [0.2, 0.25) is 0 Å². The van der Waals surface area contributed by atoms with Crippen molar-refractivity contribution in [2.24, 2.45) is 0 Å². The lowest BCUT2D eigenvalue weighted by molar-refractivity contribution is 0.0663. The van der Waals surface area contributed by atoms with Gasteiger partial charge in [-0.2, -0.15) is 0 Å². The molecule has 0 radical (unpaired) electrons. The molecule has 0 spiro atoms. The van der Waals surface area contributed by atoms with Crippen LogP contribution in [-0.2, 0) is 6.54 Å². The molecule has 2 heterocycles. The molecule has 2 aromatic carbocycles. The van der Waals surface area contributed by atoms with Gasteiger partial charge in [0.2, 0.25) is 0 Å². The molecule has 0 saturated carbocycles. The Balaban J connectivity index is 1.78. The van der Waals surface area contributed by atoms with E-state index in [1.54, 1.807) is 4.90 Å². The van der Waals surface area contributed by atoms with Gasteiger partial charge in [-0.05, 0) is 29.8 Å². The average Bonchev–Trinajstić information content (AvgIpc) is 3.09. The van der Waals surface area contributed by atoms with Crippen LogP contribution in [0.15, 0.2) is 66.9 Å². The van der Waals surface area contributed by atoms with E-state index < -0.39 is 11.6 Å². The van der Waals surface area contributed by atoms with E-state index in [4.69, 9.17) is 0 Å². The summed E-state index contributed by atoms with van der Waals surface area (Å²) >= 11 is 0. The molecule has 1 aliphatic heterocycles. The van der Waals surface area contributed by atoms with Crippen molar-refractivity contribution in [1.82, 2.24) is 9.47 Å². The highest BCUT2D eigenvalue weighted by atomic mass is 19.1. The van der Waals surface area contributed by atoms with E-state index in [1.165, 1.54) is 0 Å². The second-order valence-electron chi connectivity index (χ2n) is 6.10. The molecule has 0 saturated heterocycles. The van der Waals surface area contributed by atoms with Gasteiger partial charge in [-0.25, -0.2) is 8.78 Å². The Morgan fingerprint density at radius 2 is 1.64 bits per heavy atom. The Kier molecular flexibility index (Phi) is 3.84. The first-order chi connectivity index (χ1) is 12.1. The first kappa shape index (κ1) is 15.6. The van der Waals surface area contributed by atoms with Crippen molar-refractivity contribution in [3.8, 4) is 0 Å². The molecule has 1 aliphatic rings. The molecule has 4 rings (SSSR count). The predicted octanol–water partition coefficient (Wildman–Crippen LogP) is 4.01. The van der Waals surface area contributed by atoms with E-state index in [2.05, 4.69) is 4.57 Å². The molecule has 1 atom stereocenters. The van der Waals surface area contributed by atoms with Crippen LogP contribution in [0.3, 0.4) is 0 Å². The Hall–Kier alpha value is -2.95. The number of aromatic nitrogens is 1. The fraction of sp³-hybridized carbons (Fsp3) is 0.150. The van der Waals surface area contributed by atoms with E-state index in [0.717, 1.165) is 29.5 Å². The standard InChI is InChI=1S/C20H16F2N2O/c21-16-11-15(12-17(22)13-16)20(25)24-10-9-23-8-4-7-18(23)19(24)14-5-2-1-3-6-14/h1-8,11-13,19H,9-10H2. The number of nitrogens with zero attached hydrogens (tertiary/aromatic N) is 2. The van der Waals surface area contributed by atoms with Crippen molar-refractivity contribution in [1.29, 1.82) is 0 Å². The van der Waals surface area contributed by atoms with Crippen molar-refractivity contribution >= 4 is 5.91 Å². The maximum atomic E-state index is 13.6. The van der Waals surface area contributed by atoms with Gasteiger partial charge in [-0.15, -0.1) is 0 Å². The first-order valence-corrected chi connectivity index (χ1v) is 8.10. The molecule has 126 valence electrons. The Morgan fingerprint density at radius 1 is 0.920 bits per heavy atom. The monoisotopic (exact) mass is 338 g/mol. The molecule has 0 fully saturated rings. The minimum absolute atomic E-state index is 0.0263. The Labute approximate surface area is 144 Å². The van der Waals surface area contributed by atoms with Gasteiger partial charge in [-0.1, -0.05) is 30.3 Å². The molecule has 0 N–H and O–H groups in total. The van der Waals surface area contributed by atoms with Crippen molar-refractivity contribution < 1.29 is 13.6 Å². The highest BCUT2D eigenvalue weighted by Crippen LogP contribution is 2.33. The van der Waals surface area contributed by atoms with Crippen LogP contribution in [0.5, 0.6) is 0 Å². The minimum atomic E-state index is -0.750. The van der Waals surface area contributed by atoms with Crippen LogP contribution in [0, 0.1) is 11.6 Å². The number of hydrogen-bond donors (Lipinski definition) is 0. The Morgan fingerprint density at radius 3 is 2.36 bits per heavy atom. The van der Waals surface area contributed by atoms with E-state index in [1.807, 2.05) is 48.7 Å². The quantitative estimate of drug-likeness (QED) is 0.693. The summed E-state index contributed by atoms with van der Waals surface area (Å²) in [5.74, 6) is -1.88. The molecule has 5 heteroatoms. The van der Waals surface area contributed by atoms with Gasteiger partial charge < -0.3 is 9.47 Å². The maximum absolute atomic E-state index is 13.6. The number of carbonyl (C=O) groups is 1. The number of benzene rings is 2. The summed E-state index contributed by atoms with van der Waals surface area (Å²) in [5, 5.41) is 0. The number of amides is 1. The third kappa shape index (κ3) is 2.82. The normalized spacial score (nSPS) is 16.6. The number of carbonyl (C=O) groups excluding carboxylic acids is 1. The van der Waals surface area contributed by atoms with Crippen molar-refractivity contribution in [3.63, 3.8) is 0 Å². The highest BCUT2D eigenvalue weighted by molar-refractivity contribution is 5.94. The molecule has 25 heavy (non-hydrogen) atoms. The molecule has 3 nitrogen and oxygen atoms in total. The summed E-state index contributed by atoms with van der Waals surface area (Å²) in [7, 11) is 0. The second kappa shape index (κ2) is 6.16. The van der Waals surface area contributed by atoms with Crippen molar-refractivity contribution in [2.75, 3.05) is 6.54 Å². The van der Waals surface area contributed by atoms with Crippen LogP contribution in [0.25, 0.3) is 0 Å². The summed E-state index contributed by atoms with van der Waals surface area (Å²) in [6, 6.07) is 16.2. The number of rotatable bonds is 2. The van der Waals surface area contributed by atoms with E-state index in [0.29, 0.717) is 13.1 Å². The van der Waals surface area contributed by atoms with Crippen molar-refractivity contribution in [3.05, 3.63) is 95.3 Å². The van der Waals surface area contributed by atoms with Gasteiger partial charge in [0.1, 0.15) is 11.6 Å². The number of halogens is 2. The highest BCUT2D eigenvalue weighted by Gasteiger charge is 2.32. The van der Waals surface area contributed by atoms with Gasteiger partial charge in [-0.3, -0.25) is 4.79 Å². The fourth-order valence-electron chi connectivity index (χ4n) is 3.43. The molecule has 3 aromatic rings. The van der Waals surface area contributed by atoms with Gasteiger partial charge in [0, 0.05) is 36.6 Å². The Bertz CT molecular complexity index is 900. The van der Waals surface area contributed by atoms with E-state index in [9.17, 15) is 13.6 Å². The molecule has 1 unspecified atom stereocenters. The lowest BCUT2D eigenvalue weighted by Crippen LogP contribution is -2.42. The SMILES string of the molecule is O=C(c1cc(F)cc(F)c1)N1CCn2cccc2C1c1ccccc1. The zero-order valence-corrected chi connectivity index (χ0v) is 13.4. The van der Waals surface area contributed by atoms with Gasteiger partial charge in [0.25, 0.3) is 5.91 Å². The third-order valence-electron chi connectivity index (χ3n) is 4.52. The fourth-order valence-corrected chi connectivity index (χ4v) is 3.43. The van der Waals surface area contributed by atoms with Crippen LogP contribution >= 0.6 is 0 Å². The smallest absolute Gasteiger partial charge is 0.254 e. The summed E-state index contributed by atoms with van der Waals surface area (Å²) < 4.78 is 29.2. The van der Waals surface area contributed by atoms with Gasteiger partial charge in [0.05, 0.1) is 6.04 Å². The zero-order valence-electron chi connectivity index (χ0n) is 13.4. The molecule has 0 bridgehead atoms. The molecule has 0 aliphatic carbocycles. The van der Waals surface area contributed by atoms with Crippen LogP contribution in [-0.4, -0.2) is 21.9 Å². The zero-order chi connectivity index (χ0) is 17.4. The van der Waals surface area contributed by atoms with Crippen LogP contribution in [0.1, 0.15) is 27.7 Å². The molecule has 1 aromatic heterocycles. The lowest BCUT2D eigenvalue weighted by Gasteiger charge is -2.37. The number of hydrogen-bond acceptors (Lipinski definition) is 1. The lowest BCUT2D eigenvalue weighted by atomic mass is 9.99. The van der Waals surface area contributed by atoms with E-state index >= 15 is 0 Å². The predicted molar refractivity (Wildman–Crippen MR) is 90.1 cm³/mol. The van der Waals surface area contributed by atoms with E-state index in [-0.39, 0.29) is 17.5 Å². The first-order valence-electron chi connectivity index (χ1n) is 8.10. The summed E-state index contributed by atoms with van der Waals surface area (Å²) in [6.07, 6.45) is 1.98. The minimum Gasteiger partial charge on any atom is -0.348 e. The maximum Gasteiger partial charge on any atom is 0.254 e. The summed E-state index contributed by atoms with van der Waals surface area (Å²) in [4.78, 5) is 14.7. The number of fused-ring (bicyclic) bond motifs is 1. The second-order valence-corrected chi connectivity index (χ2v) is 6.10. The molecular formula is C20H16F2N2O. The topological polar surface area (TPSA) is 25.2 Å². The summed E-state index contributed by atoms with van der Waals surface area (Å²) in [5.41, 5.74) is 1.98. The third-order valence-corrected chi connectivity index (χ3v) is 4.52.